The molecule has 2 aromatic rings. The van der Waals surface area contributed by atoms with Gasteiger partial charge in [0.05, 0.1) is 6.04 Å². The maximum absolute atomic E-state index is 11.9. The van der Waals surface area contributed by atoms with Crippen LogP contribution in [0.4, 0.5) is 0 Å². The highest BCUT2D eigenvalue weighted by atomic mass is 35.5. The van der Waals surface area contributed by atoms with E-state index in [4.69, 9.17) is 39.5 Å². The third-order valence-electron chi connectivity index (χ3n) is 3.46. The summed E-state index contributed by atoms with van der Waals surface area (Å²) in [6.07, 6.45) is 2.69. The van der Waals surface area contributed by atoms with Crippen molar-refractivity contribution in [2.75, 3.05) is 6.61 Å². The quantitative estimate of drug-likeness (QED) is 0.531. The largest absolute Gasteiger partial charge is 0.452 e. The Balaban J connectivity index is 1.84. The summed E-state index contributed by atoms with van der Waals surface area (Å²) in [4.78, 5) is 23.6. The second-order valence-electron chi connectivity index (χ2n) is 5.42. The third kappa shape index (κ3) is 6.06. The summed E-state index contributed by atoms with van der Waals surface area (Å²) in [5, 5.41) is 4.19. The molecule has 0 bridgehead atoms. The highest BCUT2D eigenvalue weighted by Crippen LogP contribution is 2.23. The summed E-state index contributed by atoms with van der Waals surface area (Å²) in [5.74, 6) is -1.08. The highest BCUT2D eigenvalue weighted by Gasteiger charge is 2.13. The SMILES string of the molecule is C[C@H](NC(=O)COC(=O)/C=C/c1ccc(Cl)cc1Cl)c1ccccc1Cl. The number of carbonyl (C=O) groups excluding carboxylic acids is 2. The lowest BCUT2D eigenvalue weighted by Gasteiger charge is -2.15. The van der Waals surface area contributed by atoms with E-state index in [1.807, 2.05) is 12.1 Å². The van der Waals surface area contributed by atoms with Gasteiger partial charge in [-0.3, -0.25) is 4.79 Å². The van der Waals surface area contributed by atoms with E-state index >= 15 is 0 Å². The van der Waals surface area contributed by atoms with Crippen LogP contribution in [0, 0.1) is 0 Å². The number of amides is 1. The zero-order valence-electron chi connectivity index (χ0n) is 13.8. The predicted molar refractivity (Wildman–Crippen MR) is 104 cm³/mol. The van der Waals surface area contributed by atoms with Crippen LogP contribution in [0.15, 0.2) is 48.5 Å². The third-order valence-corrected chi connectivity index (χ3v) is 4.36. The lowest BCUT2D eigenvalue weighted by molar-refractivity contribution is -0.144. The van der Waals surface area contributed by atoms with Gasteiger partial charge >= 0.3 is 5.97 Å². The number of ether oxygens (including phenoxy) is 1. The minimum absolute atomic E-state index is 0.307. The van der Waals surface area contributed by atoms with Crippen molar-refractivity contribution in [1.29, 1.82) is 0 Å². The Bertz CT molecular complexity index is 837. The van der Waals surface area contributed by atoms with Gasteiger partial charge in [-0.05, 0) is 42.3 Å². The van der Waals surface area contributed by atoms with Gasteiger partial charge in [-0.25, -0.2) is 4.79 Å². The molecule has 0 spiro atoms. The van der Waals surface area contributed by atoms with Crippen molar-refractivity contribution in [3.8, 4) is 0 Å². The molecule has 1 amide bonds. The standard InChI is InChI=1S/C19H16Cl3NO3/c1-12(15-4-2-3-5-16(15)21)23-18(24)11-26-19(25)9-7-13-6-8-14(20)10-17(13)22/h2-10,12H,11H2,1H3,(H,23,24)/b9-7+/t12-/m0/s1. The number of halogens is 3. The van der Waals surface area contributed by atoms with Crippen LogP contribution >= 0.6 is 34.8 Å². The molecule has 0 radical (unpaired) electrons. The molecule has 2 rings (SSSR count). The van der Waals surface area contributed by atoms with E-state index in [9.17, 15) is 9.59 Å². The van der Waals surface area contributed by atoms with Crippen molar-refractivity contribution in [2.45, 2.75) is 13.0 Å². The molecule has 26 heavy (non-hydrogen) atoms. The average Bonchev–Trinajstić information content (AvgIpc) is 2.59. The Morgan fingerprint density at radius 1 is 1.12 bits per heavy atom. The van der Waals surface area contributed by atoms with Crippen molar-refractivity contribution >= 4 is 52.8 Å². The Labute approximate surface area is 166 Å². The predicted octanol–water partition coefficient (Wildman–Crippen LogP) is 5.08. The molecule has 0 saturated carbocycles. The molecule has 0 aliphatic carbocycles. The van der Waals surface area contributed by atoms with E-state index in [1.165, 1.54) is 12.2 Å². The van der Waals surface area contributed by atoms with E-state index in [1.54, 1.807) is 37.3 Å². The summed E-state index contributed by atoms with van der Waals surface area (Å²) < 4.78 is 4.92. The van der Waals surface area contributed by atoms with Gasteiger partial charge in [0.25, 0.3) is 5.91 Å². The van der Waals surface area contributed by atoms with E-state index in [0.717, 1.165) is 5.56 Å². The number of carbonyl (C=O) groups is 2. The maximum Gasteiger partial charge on any atom is 0.331 e. The topological polar surface area (TPSA) is 55.4 Å². The summed E-state index contributed by atoms with van der Waals surface area (Å²) in [6.45, 7) is 1.40. The number of esters is 1. The van der Waals surface area contributed by atoms with E-state index in [2.05, 4.69) is 5.32 Å². The first-order valence-corrected chi connectivity index (χ1v) is 8.84. The van der Waals surface area contributed by atoms with Gasteiger partial charge in [0, 0.05) is 21.1 Å². The fourth-order valence-corrected chi connectivity index (χ4v) is 2.94. The van der Waals surface area contributed by atoms with Crippen LogP contribution in [0.5, 0.6) is 0 Å². The first-order chi connectivity index (χ1) is 12.4. The maximum atomic E-state index is 11.9. The molecular weight excluding hydrogens is 397 g/mol. The van der Waals surface area contributed by atoms with Crippen molar-refractivity contribution in [2.24, 2.45) is 0 Å². The van der Waals surface area contributed by atoms with Gasteiger partial charge < -0.3 is 10.1 Å². The number of hydrogen-bond acceptors (Lipinski definition) is 3. The van der Waals surface area contributed by atoms with Gasteiger partial charge in [-0.1, -0.05) is 59.1 Å². The minimum atomic E-state index is -0.656. The fourth-order valence-electron chi connectivity index (χ4n) is 2.17. The zero-order chi connectivity index (χ0) is 19.1. The van der Waals surface area contributed by atoms with Crippen LogP contribution in [0.25, 0.3) is 6.08 Å². The molecule has 0 heterocycles. The first kappa shape index (κ1) is 20.3. The number of nitrogens with one attached hydrogen (secondary N) is 1. The van der Waals surface area contributed by atoms with Crippen LogP contribution in [-0.4, -0.2) is 18.5 Å². The zero-order valence-corrected chi connectivity index (χ0v) is 16.1. The molecule has 0 fully saturated rings. The van der Waals surface area contributed by atoms with Gasteiger partial charge in [0.2, 0.25) is 0 Å². The lowest BCUT2D eigenvalue weighted by atomic mass is 10.1. The lowest BCUT2D eigenvalue weighted by Crippen LogP contribution is -2.31. The Morgan fingerprint density at radius 2 is 1.85 bits per heavy atom. The van der Waals surface area contributed by atoms with Gasteiger partial charge in [0.15, 0.2) is 6.61 Å². The number of hydrogen-bond donors (Lipinski definition) is 1. The van der Waals surface area contributed by atoms with Crippen LogP contribution < -0.4 is 5.32 Å². The van der Waals surface area contributed by atoms with Crippen LogP contribution in [0.2, 0.25) is 15.1 Å². The van der Waals surface area contributed by atoms with Gasteiger partial charge in [-0.15, -0.1) is 0 Å². The van der Waals surface area contributed by atoms with E-state index in [-0.39, 0.29) is 6.04 Å². The molecule has 0 aliphatic heterocycles. The highest BCUT2D eigenvalue weighted by molar-refractivity contribution is 6.35. The summed E-state index contributed by atoms with van der Waals surface area (Å²) in [7, 11) is 0. The summed E-state index contributed by atoms with van der Waals surface area (Å²) in [5.41, 5.74) is 1.40. The Kier molecular flexibility index (Phi) is 7.51. The van der Waals surface area contributed by atoms with Crippen molar-refractivity contribution in [3.63, 3.8) is 0 Å². The van der Waals surface area contributed by atoms with Crippen molar-refractivity contribution < 1.29 is 14.3 Å². The molecule has 4 nitrogen and oxygen atoms in total. The molecular formula is C19H16Cl3NO3. The monoisotopic (exact) mass is 411 g/mol. The second-order valence-corrected chi connectivity index (χ2v) is 6.67. The molecule has 1 N–H and O–H groups in total. The molecule has 7 heteroatoms. The summed E-state index contributed by atoms with van der Waals surface area (Å²) >= 11 is 17.9. The smallest absolute Gasteiger partial charge is 0.331 e. The Morgan fingerprint density at radius 3 is 2.54 bits per heavy atom. The molecule has 2 aromatic carbocycles. The molecule has 0 aliphatic rings. The second kappa shape index (κ2) is 9.62. The first-order valence-electron chi connectivity index (χ1n) is 7.70. The summed E-state index contributed by atoms with van der Waals surface area (Å²) in [6, 6.07) is 11.8. The molecule has 0 unspecified atom stereocenters. The minimum Gasteiger partial charge on any atom is -0.452 e. The molecule has 0 aromatic heterocycles. The van der Waals surface area contributed by atoms with Gasteiger partial charge in [-0.2, -0.15) is 0 Å². The average molecular weight is 413 g/mol. The van der Waals surface area contributed by atoms with Gasteiger partial charge in [0.1, 0.15) is 0 Å². The Hall–Kier alpha value is -2.01. The van der Waals surface area contributed by atoms with Crippen molar-refractivity contribution in [1.82, 2.24) is 5.32 Å². The molecule has 1 atom stereocenters. The van der Waals surface area contributed by atoms with E-state index < -0.39 is 18.5 Å². The molecule has 0 saturated heterocycles. The normalized spacial score (nSPS) is 12.0. The number of benzene rings is 2. The van der Waals surface area contributed by atoms with Crippen LogP contribution in [0.3, 0.4) is 0 Å². The van der Waals surface area contributed by atoms with Crippen LogP contribution in [0.1, 0.15) is 24.1 Å². The molecule has 136 valence electrons. The number of rotatable bonds is 6. The van der Waals surface area contributed by atoms with E-state index in [0.29, 0.717) is 20.6 Å². The van der Waals surface area contributed by atoms with Crippen LogP contribution in [-0.2, 0) is 14.3 Å². The van der Waals surface area contributed by atoms with Crippen molar-refractivity contribution in [3.05, 3.63) is 74.7 Å². The fraction of sp³-hybridized carbons (Fsp3) is 0.158.